The molecule has 1 saturated heterocycles. The fourth-order valence-electron chi connectivity index (χ4n) is 2.01. The minimum Gasteiger partial charge on any atom is -0.354 e. The molecule has 0 saturated carbocycles. The second-order valence-electron chi connectivity index (χ2n) is 4.34. The predicted octanol–water partition coefficient (Wildman–Crippen LogP) is 1.47. The van der Waals surface area contributed by atoms with E-state index in [1.807, 2.05) is 4.90 Å². The van der Waals surface area contributed by atoms with E-state index in [9.17, 15) is 13.2 Å². The molecule has 0 amide bonds. The van der Waals surface area contributed by atoms with Crippen LogP contribution in [0.3, 0.4) is 0 Å². The Bertz CT molecular complexity index is 400. The summed E-state index contributed by atoms with van der Waals surface area (Å²) in [5.41, 5.74) is 0. The number of alkyl halides is 3. The van der Waals surface area contributed by atoms with Crippen LogP contribution in [0, 0.1) is 6.92 Å². The van der Waals surface area contributed by atoms with Gasteiger partial charge in [0.1, 0.15) is 11.6 Å². The van der Waals surface area contributed by atoms with Crippen molar-refractivity contribution in [3.63, 3.8) is 0 Å². The van der Waals surface area contributed by atoms with Gasteiger partial charge in [0.2, 0.25) is 0 Å². The smallest absolute Gasteiger partial charge is 0.354 e. The number of anilines is 1. The van der Waals surface area contributed by atoms with E-state index in [0.717, 1.165) is 5.82 Å². The lowest BCUT2D eigenvalue weighted by atomic mass is 10.3. The fraction of sp³-hybridized carbons (Fsp3) is 0.636. The van der Waals surface area contributed by atoms with Crippen LogP contribution in [-0.4, -0.2) is 53.8 Å². The standard InChI is InChI=1S/C11H15F3N4/c1-9-15-3-2-10(16-9)18-6-4-17(5-7-18)8-11(12,13)14/h2-3H,4-8H2,1H3. The third kappa shape index (κ3) is 3.56. The molecule has 1 aromatic rings. The lowest BCUT2D eigenvalue weighted by Crippen LogP contribution is -2.49. The number of hydrogen-bond donors (Lipinski definition) is 0. The van der Waals surface area contributed by atoms with Gasteiger partial charge in [-0.15, -0.1) is 0 Å². The Hall–Kier alpha value is -1.37. The zero-order chi connectivity index (χ0) is 13.2. The Morgan fingerprint density at radius 3 is 2.44 bits per heavy atom. The Balaban J connectivity index is 1.91. The first-order valence-corrected chi connectivity index (χ1v) is 5.78. The van der Waals surface area contributed by atoms with Gasteiger partial charge in [0, 0.05) is 32.4 Å². The highest BCUT2D eigenvalue weighted by atomic mass is 19.4. The molecule has 7 heteroatoms. The van der Waals surface area contributed by atoms with Gasteiger partial charge in [0.25, 0.3) is 0 Å². The quantitative estimate of drug-likeness (QED) is 0.806. The molecule has 0 radical (unpaired) electrons. The molecule has 2 heterocycles. The fourth-order valence-corrected chi connectivity index (χ4v) is 2.01. The third-order valence-corrected chi connectivity index (χ3v) is 2.86. The van der Waals surface area contributed by atoms with Crippen molar-refractivity contribution in [1.82, 2.24) is 14.9 Å². The van der Waals surface area contributed by atoms with Gasteiger partial charge in [0.05, 0.1) is 6.54 Å². The molecule has 0 bridgehead atoms. The molecule has 0 aliphatic carbocycles. The molecule has 100 valence electrons. The molecule has 0 spiro atoms. The number of hydrogen-bond acceptors (Lipinski definition) is 4. The van der Waals surface area contributed by atoms with Crippen LogP contribution in [0.15, 0.2) is 12.3 Å². The SMILES string of the molecule is Cc1nccc(N2CCN(CC(F)(F)F)CC2)n1. The zero-order valence-corrected chi connectivity index (χ0v) is 10.1. The number of rotatable bonds is 2. The number of aryl methyl sites for hydroxylation is 1. The molecule has 4 nitrogen and oxygen atoms in total. The van der Waals surface area contributed by atoms with Crippen molar-refractivity contribution >= 4 is 5.82 Å². The molecule has 1 aliphatic heterocycles. The molecular weight excluding hydrogens is 245 g/mol. The monoisotopic (exact) mass is 260 g/mol. The summed E-state index contributed by atoms with van der Waals surface area (Å²) in [6.45, 7) is 2.90. The highest BCUT2D eigenvalue weighted by Crippen LogP contribution is 2.19. The van der Waals surface area contributed by atoms with Crippen LogP contribution in [0.1, 0.15) is 5.82 Å². The lowest BCUT2D eigenvalue weighted by Gasteiger charge is -2.35. The van der Waals surface area contributed by atoms with Gasteiger partial charge in [-0.1, -0.05) is 0 Å². The molecule has 2 rings (SSSR count). The van der Waals surface area contributed by atoms with Gasteiger partial charge in [0.15, 0.2) is 0 Å². The van der Waals surface area contributed by atoms with E-state index >= 15 is 0 Å². The summed E-state index contributed by atoms with van der Waals surface area (Å²) in [6, 6.07) is 1.78. The highest BCUT2D eigenvalue weighted by Gasteiger charge is 2.32. The Kier molecular flexibility index (Phi) is 3.70. The zero-order valence-electron chi connectivity index (χ0n) is 10.1. The van der Waals surface area contributed by atoms with E-state index in [-0.39, 0.29) is 0 Å². The molecule has 18 heavy (non-hydrogen) atoms. The van der Waals surface area contributed by atoms with E-state index in [0.29, 0.717) is 32.0 Å². The number of aromatic nitrogens is 2. The molecule has 0 atom stereocenters. The Morgan fingerprint density at radius 1 is 1.22 bits per heavy atom. The summed E-state index contributed by atoms with van der Waals surface area (Å²) in [7, 11) is 0. The number of piperazine rings is 1. The minimum absolute atomic E-state index is 0.405. The summed E-state index contributed by atoms with van der Waals surface area (Å²) < 4.78 is 36.7. The molecule has 1 fully saturated rings. The van der Waals surface area contributed by atoms with Crippen molar-refractivity contribution in [1.29, 1.82) is 0 Å². The van der Waals surface area contributed by atoms with Crippen LogP contribution in [0.2, 0.25) is 0 Å². The van der Waals surface area contributed by atoms with Crippen LogP contribution in [0.4, 0.5) is 19.0 Å². The average Bonchev–Trinajstić information content (AvgIpc) is 2.28. The first-order chi connectivity index (χ1) is 8.44. The lowest BCUT2D eigenvalue weighted by molar-refractivity contribution is -0.146. The van der Waals surface area contributed by atoms with E-state index in [1.165, 1.54) is 4.90 Å². The van der Waals surface area contributed by atoms with Crippen molar-refractivity contribution in [3.05, 3.63) is 18.1 Å². The van der Waals surface area contributed by atoms with Crippen molar-refractivity contribution in [2.75, 3.05) is 37.6 Å². The molecule has 1 aliphatic rings. The van der Waals surface area contributed by atoms with Crippen LogP contribution < -0.4 is 4.90 Å². The summed E-state index contributed by atoms with van der Waals surface area (Å²) in [4.78, 5) is 11.7. The van der Waals surface area contributed by atoms with Crippen molar-refractivity contribution in [2.45, 2.75) is 13.1 Å². The minimum atomic E-state index is -4.12. The maximum absolute atomic E-state index is 12.2. The molecule has 1 aromatic heterocycles. The van der Waals surface area contributed by atoms with Gasteiger partial charge < -0.3 is 4.90 Å². The molecule has 0 N–H and O–H groups in total. The van der Waals surface area contributed by atoms with Crippen LogP contribution in [0.5, 0.6) is 0 Å². The normalized spacial score (nSPS) is 18.1. The van der Waals surface area contributed by atoms with Gasteiger partial charge in [-0.05, 0) is 13.0 Å². The van der Waals surface area contributed by atoms with Crippen LogP contribution >= 0.6 is 0 Å². The highest BCUT2D eigenvalue weighted by molar-refractivity contribution is 5.37. The largest absolute Gasteiger partial charge is 0.401 e. The first kappa shape index (κ1) is 13.1. The maximum atomic E-state index is 12.2. The second kappa shape index (κ2) is 5.09. The van der Waals surface area contributed by atoms with Gasteiger partial charge in [-0.3, -0.25) is 4.90 Å². The summed E-state index contributed by atoms with van der Waals surface area (Å²) in [6.07, 6.45) is -2.45. The molecule has 0 aromatic carbocycles. The van der Waals surface area contributed by atoms with Gasteiger partial charge >= 0.3 is 6.18 Å². The van der Waals surface area contributed by atoms with E-state index in [4.69, 9.17) is 0 Å². The third-order valence-electron chi connectivity index (χ3n) is 2.86. The van der Waals surface area contributed by atoms with Gasteiger partial charge in [-0.2, -0.15) is 13.2 Å². The molecular formula is C11H15F3N4. The Morgan fingerprint density at radius 2 is 1.89 bits per heavy atom. The average molecular weight is 260 g/mol. The molecule has 0 unspecified atom stereocenters. The first-order valence-electron chi connectivity index (χ1n) is 5.78. The van der Waals surface area contributed by atoms with Crippen molar-refractivity contribution < 1.29 is 13.2 Å². The van der Waals surface area contributed by atoms with E-state index < -0.39 is 12.7 Å². The van der Waals surface area contributed by atoms with E-state index in [1.54, 1.807) is 19.2 Å². The number of halogens is 3. The van der Waals surface area contributed by atoms with E-state index in [2.05, 4.69) is 9.97 Å². The summed E-state index contributed by atoms with van der Waals surface area (Å²) in [5.74, 6) is 1.46. The maximum Gasteiger partial charge on any atom is 0.401 e. The summed E-state index contributed by atoms with van der Waals surface area (Å²) >= 11 is 0. The topological polar surface area (TPSA) is 32.3 Å². The van der Waals surface area contributed by atoms with Crippen molar-refractivity contribution in [2.24, 2.45) is 0 Å². The van der Waals surface area contributed by atoms with Crippen LogP contribution in [0.25, 0.3) is 0 Å². The Labute approximate surface area is 103 Å². The summed E-state index contributed by atoms with van der Waals surface area (Å²) in [5, 5.41) is 0. The number of nitrogens with zero attached hydrogens (tertiary/aromatic N) is 4. The second-order valence-corrected chi connectivity index (χ2v) is 4.34. The van der Waals surface area contributed by atoms with Crippen molar-refractivity contribution in [3.8, 4) is 0 Å². The van der Waals surface area contributed by atoms with Gasteiger partial charge in [-0.25, -0.2) is 9.97 Å². The predicted molar refractivity (Wildman–Crippen MR) is 61.5 cm³/mol. The van der Waals surface area contributed by atoms with Crippen LogP contribution in [-0.2, 0) is 0 Å².